The molecule has 0 aliphatic heterocycles. The molecule has 12 heavy (non-hydrogen) atoms. The highest BCUT2D eigenvalue weighted by Gasteiger charge is 2.04. The van der Waals surface area contributed by atoms with Gasteiger partial charge in [-0.1, -0.05) is 6.07 Å². The van der Waals surface area contributed by atoms with Gasteiger partial charge in [-0.15, -0.1) is 24.0 Å². The number of fused-ring (bicyclic) bond motifs is 1. The highest BCUT2D eigenvalue weighted by atomic mass is 79.9. The van der Waals surface area contributed by atoms with Crippen molar-refractivity contribution in [1.82, 2.24) is 0 Å². The molecule has 0 aliphatic rings. The van der Waals surface area contributed by atoms with Gasteiger partial charge in [0, 0.05) is 18.9 Å². The molecule has 0 atom stereocenters. The number of thiol groups is 1. The first-order chi connectivity index (χ1) is 5.68. The van der Waals surface area contributed by atoms with E-state index >= 15 is 0 Å². The second-order valence-electron chi connectivity index (χ2n) is 2.67. The standard InChI is InChI=1S/C9H7BrS2/c1-5-4-6-2-3-7(10)8(11)9(6)12-5/h2-4,11H,1H3. The predicted molar refractivity (Wildman–Crippen MR) is 61.5 cm³/mol. The molecule has 62 valence electrons. The molecule has 0 saturated carbocycles. The van der Waals surface area contributed by atoms with Gasteiger partial charge in [-0.2, -0.15) is 0 Å². The lowest BCUT2D eigenvalue weighted by Crippen LogP contribution is -1.68. The second-order valence-corrected chi connectivity index (χ2v) is 5.23. The van der Waals surface area contributed by atoms with E-state index < -0.39 is 0 Å². The molecule has 0 saturated heterocycles. The lowest BCUT2D eigenvalue weighted by Gasteiger charge is -1.96. The van der Waals surface area contributed by atoms with Crippen LogP contribution in [0.3, 0.4) is 0 Å². The molecule has 2 aromatic rings. The zero-order valence-electron chi connectivity index (χ0n) is 6.47. The summed E-state index contributed by atoms with van der Waals surface area (Å²) in [5.41, 5.74) is 0. The Morgan fingerprint density at radius 1 is 1.42 bits per heavy atom. The molecule has 1 aromatic carbocycles. The Balaban J connectivity index is 2.89. The van der Waals surface area contributed by atoms with E-state index in [9.17, 15) is 0 Å². The third-order valence-corrected chi connectivity index (χ3v) is 4.40. The maximum atomic E-state index is 4.44. The van der Waals surface area contributed by atoms with Crippen LogP contribution in [-0.4, -0.2) is 0 Å². The van der Waals surface area contributed by atoms with Crippen molar-refractivity contribution in [2.75, 3.05) is 0 Å². The van der Waals surface area contributed by atoms with Crippen molar-refractivity contribution in [3.63, 3.8) is 0 Å². The Kier molecular flexibility index (Phi) is 2.19. The van der Waals surface area contributed by atoms with Crippen LogP contribution in [-0.2, 0) is 0 Å². The maximum Gasteiger partial charge on any atom is 0.0490 e. The molecule has 0 radical (unpaired) electrons. The smallest absolute Gasteiger partial charge is 0.0490 e. The lowest BCUT2D eigenvalue weighted by molar-refractivity contribution is 1.53. The number of rotatable bonds is 0. The predicted octanol–water partition coefficient (Wildman–Crippen LogP) is 4.26. The van der Waals surface area contributed by atoms with Gasteiger partial charge < -0.3 is 0 Å². The van der Waals surface area contributed by atoms with Crippen LogP contribution in [0.1, 0.15) is 4.88 Å². The van der Waals surface area contributed by atoms with E-state index in [2.05, 4.69) is 47.6 Å². The van der Waals surface area contributed by atoms with E-state index in [1.807, 2.05) is 6.07 Å². The van der Waals surface area contributed by atoms with Crippen LogP contribution in [0, 0.1) is 6.92 Å². The number of thiophene rings is 1. The van der Waals surface area contributed by atoms with Gasteiger partial charge in [-0.25, -0.2) is 0 Å². The molecule has 0 unspecified atom stereocenters. The van der Waals surface area contributed by atoms with Gasteiger partial charge in [0.2, 0.25) is 0 Å². The monoisotopic (exact) mass is 258 g/mol. The van der Waals surface area contributed by atoms with E-state index in [1.165, 1.54) is 15.0 Å². The first-order valence-electron chi connectivity index (χ1n) is 3.56. The molecule has 2 rings (SSSR count). The van der Waals surface area contributed by atoms with E-state index in [0.29, 0.717) is 0 Å². The Bertz CT molecular complexity index is 431. The summed E-state index contributed by atoms with van der Waals surface area (Å²) in [4.78, 5) is 2.38. The quantitative estimate of drug-likeness (QED) is 0.671. The molecule has 0 N–H and O–H groups in total. The average Bonchev–Trinajstić information content (AvgIpc) is 2.39. The third kappa shape index (κ3) is 1.30. The number of benzene rings is 1. The Morgan fingerprint density at radius 2 is 2.17 bits per heavy atom. The van der Waals surface area contributed by atoms with Crippen LogP contribution < -0.4 is 0 Å². The number of halogens is 1. The molecular formula is C9H7BrS2. The Labute approximate surface area is 89.1 Å². The number of aryl methyl sites for hydroxylation is 1. The van der Waals surface area contributed by atoms with Crippen LogP contribution in [0.2, 0.25) is 0 Å². The summed E-state index contributed by atoms with van der Waals surface area (Å²) in [6.07, 6.45) is 0. The van der Waals surface area contributed by atoms with Gasteiger partial charge in [-0.3, -0.25) is 0 Å². The molecule has 3 heteroatoms. The minimum Gasteiger partial charge on any atom is -0.141 e. The van der Waals surface area contributed by atoms with Crippen LogP contribution >= 0.6 is 39.9 Å². The zero-order chi connectivity index (χ0) is 8.72. The highest BCUT2D eigenvalue weighted by Crippen LogP contribution is 2.34. The molecule has 0 fully saturated rings. The zero-order valence-corrected chi connectivity index (χ0v) is 9.76. The summed E-state index contributed by atoms with van der Waals surface area (Å²) in [6.45, 7) is 2.12. The molecule has 0 amide bonds. The van der Waals surface area contributed by atoms with Crippen molar-refractivity contribution in [3.8, 4) is 0 Å². The van der Waals surface area contributed by atoms with E-state index in [0.717, 1.165) is 9.37 Å². The van der Waals surface area contributed by atoms with Crippen molar-refractivity contribution in [2.24, 2.45) is 0 Å². The van der Waals surface area contributed by atoms with Gasteiger partial charge in [-0.05, 0) is 40.4 Å². The Hall–Kier alpha value is 0.01000. The average molecular weight is 259 g/mol. The normalized spacial score (nSPS) is 10.9. The first-order valence-corrected chi connectivity index (χ1v) is 5.62. The van der Waals surface area contributed by atoms with Crippen molar-refractivity contribution in [2.45, 2.75) is 11.8 Å². The largest absolute Gasteiger partial charge is 0.141 e. The van der Waals surface area contributed by atoms with Crippen LogP contribution in [0.15, 0.2) is 27.6 Å². The fourth-order valence-corrected chi connectivity index (χ4v) is 2.95. The fourth-order valence-electron chi connectivity index (χ4n) is 1.19. The van der Waals surface area contributed by atoms with Gasteiger partial charge in [0.05, 0.1) is 0 Å². The van der Waals surface area contributed by atoms with Gasteiger partial charge in [0.1, 0.15) is 0 Å². The summed E-state index contributed by atoms with van der Waals surface area (Å²) in [5, 5.41) is 1.28. The molecule has 1 heterocycles. The van der Waals surface area contributed by atoms with Gasteiger partial charge in [0.25, 0.3) is 0 Å². The molecule has 0 spiro atoms. The lowest BCUT2D eigenvalue weighted by atomic mass is 10.2. The van der Waals surface area contributed by atoms with Crippen LogP contribution in [0.25, 0.3) is 10.1 Å². The van der Waals surface area contributed by atoms with E-state index in [1.54, 1.807) is 11.3 Å². The topological polar surface area (TPSA) is 0 Å². The van der Waals surface area contributed by atoms with E-state index in [-0.39, 0.29) is 0 Å². The van der Waals surface area contributed by atoms with Gasteiger partial charge in [0.15, 0.2) is 0 Å². The maximum absolute atomic E-state index is 4.44. The minimum absolute atomic E-state index is 1.05. The third-order valence-electron chi connectivity index (χ3n) is 1.73. The molecular weight excluding hydrogens is 252 g/mol. The molecule has 0 bridgehead atoms. The number of hydrogen-bond acceptors (Lipinski definition) is 2. The summed E-state index contributed by atoms with van der Waals surface area (Å²) in [5.74, 6) is 0. The minimum atomic E-state index is 1.05. The van der Waals surface area contributed by atoms with Crippen molar-refractivity contribution in [3.05, 3.63) is 27.5 Å². The molecule has 0 aliphatic carbocycles. The number of hydrogen-bond donors (Lipinski definition) is 1. The summed E-state index contributed by atoms with van der Waals surface area (Å²) < 4.78 is 2.34. The van der Waals surface area contributed by atoms with E-state index in [4.69, 9.17) is 0 Å². The Morgan fingerprint density at radius 3 is 2.92 bits per heavy atom. The summed E-state index contributed by atoms with van der Waals surface area (Å²) >= 11 is 9.68. The highest BCUT2D eigenvalue weighted by molar-refractivity contribution is 9.10. The van der Waals surface area contributed by atoms with Crippen molar-refractivity contribution < 1.29 is 0 Å². The second kappa shape index (κ2) is 3.05. The molecule has 0 nitrogen and oxygen atoms in total. The molecule has 1 aromatic heterocycles. The van der Waals surface area contributed by atoms with Crippen LogP contribution in [0.4, 0.5) is 0 Å². The van der Waals surface area contributed by atoms with Gasteiger partial charge >= 0.3 is 0 Å². The van der Waals surface area contributed by atoms with Crippen molar-refractivity contribution >= 4 is 50.0 Å². The fraction of sp³-hybridized carbons (Fsp3) is 0.111. The first kappa shape index (κ1) is 8.60. The summed E-state index contributed by atoms with van der Waals surface area (Å²) in [7, 11) is 0. The SMILES string of the molecule is Cc1cc2ccc(Br)c(S)c2s1. The summed E-state index contributed by atoms with van der Waals surface area (Å²) in [6, 6.07) is 6.34. The van der Waals surface area contributed by atoms with Crippen LogP contribution in [0.5, 0.6) is 0 Å². The van der Waals surface area contributed by atoms with Crippen molar-refractivity contribution in [1.29, 1.82) is 0 Å².